The molecule has 9 heteroatoms. The molecule has 0 radical (unpaired) electrons. The van der Waals surface area contributed by atoms with Gasteiger partial charge in [0.05, 0.1) is 29.8 Å². The summed E-state index contributed by atoms with van der Waals surface area (Å²) in [7, 11) is 0. The zero-order valence-corrected chi connectivity index (χ0v) is 18.3. The number of benzene rings is 1. The number of pyridine rings is 1. The molecule has 0 unspecified atom stereocenters. The van der Waals surface area contributed by atoms with Gasteiger partial charge in [0, 0.05) is 31.7 Å². The van der Waals surface area contributed by atoms with Crippen LogP contribution in [0.5, 0.6) is 0 Å². The van der Waals surface area contributed by atoms with Gasteiger partial charge in [0.15, 0.2) is 0 Å². The summed E-state index contributed by atoms with van der Waals surface area (Å²) in [5.74, 6) is -1.75. The molecular weight excluding hydrogens is 420 g/mol. The van der Waals surface area contributed by atoms with Crippen LogP contribution in [0.2, 0.25) is 0 Å². The van der Waals surface area contributed by atoms with Crippen molar-refractivity contribution in [2.24, 2.45) is 11.7 Å². The molecular formula is C24H26N6O3. The minimum absolute atomic E-state index is 0.153. The zero-order valence-electron chi connectivity index (χ0n) is 18.3. The van der Waals surface area contributed by atoms with Crippen molar-refractivity contribution in [3.8, 4) is 0 Å². The second-order valence-electron chi connectivity index (χ2n) is 8.41. The van der Waals surface area contributed by atoms with Crippen LogP contribution in [0.4, 0.5) is 5.69 Å². The monoisotopic (exact) mass is 446 g/mol. The van der Waals surface area contributed by atoms with Crippen LogP contribution in [-0.4, -0.2) is 43.7 Å². The number of hydrogen-bond donors (Lipinski definition) is 2. The lowest BCUT2D eigenvalue weighted by molar-refractivity contribution is -0.146. The molecule has 4 rings (SSSR count). The van der Waals surface area contributed by atoms with E-state index in [1.165, 1.54) is 18.5 Å². The lowest BCUT2D eigenvalue weighted by Gasteiger charge is -2.38. The van der Waals surface area contributed by atoms with E-state index in [0.717, 1.165) is 24.0 Å². The van der Waals surface area contributed by atoms with E-state index < -0.39 is 17.7 Å². The normalized spacial score (nSPS) is 18.0. The van der Waals surface area contributed by atoms with E-state index in [4.69, 9.17) is 5.73 Å². The van der Waals surface area contributed by atoms with E-state index >= 15 is 0 Å². The summed E-state index contributed by atoms with van der Waals surface area (Å²) in [6.07, 6.45) is 9.84. The molecule has 0 aliphatic carbocycles. The van der Waals surface area contributed by atoms with E-state index in [2.05, 4.69) is 22.2 Å². The number of nitrogens with zero attached hydrogens (tertiary/aromatic N) is 4. The summed E-state index contributed by atoms with van der Waals surface area (Å²) in [5, 5.41) is 2.55. The van der Waals surface area contributed by atoms with Gasteiger partial charge in [-0.1, -0.05) is 31.2 Å². The fourth-order valence-corrected chi connectivity index (χ4v) is 4.12. The number of piperidine rings is 1. The highest BCUT2D eigenvalue weighted by atomic mass is 16.2. The smallest absolute Gasteiger partial charge is 0.313 e. The SMILES string of the molecule is C[C@@H]1CC[C@@H](c2ccc(Cn3ccnc3)cc2)N(C(=O)C(=O)Nc2cncc(C(N)=O)c2)C1. The Labute approximate surface area is 191 Å². The Morgan fingerprint density at radius 3 is 2.61 bits per heavy atom. The predicted molar refractivity (Wildman–Crippen MR) is 122 cm³/mol. The standard InChI is InChI=1S/C24H26N6O3/c1-16-2-7-21(18-5-3-17(4-6-18)14-29-9-8-26-15-29)30(13-16)24(33)23(32)28-20-10-19(22(25)31)11-27-12-20/h3-6,8-12,15-16,21H,2,7,13-14H2,1H3,(H2,25,31)(H,28,32)/t16-,21+/m1/s1. The molecule has 2 aromatic heterocycles. The van der Waals surface area contributed by atoms with E-state index in [9.17, 15) is 14.4 Å². The fraction of sp³-hybridized carbons (Fsp3) is 0.292. The van der Waals surface area contributed by atoms with Gasteiger partial charge in [0.25, 0.3) is 0 Å². The predicted octanol–water partition coefficient (Wildman–Crippen LogP) is 2.36. The summed E-state index contributed by atoms with van der Waals surface area (Å²) in [6.45, 7) is 3.28. The van der Waals surface area contributed by atoms with E-state index in [0.29, 0.717) is 19.0 Å². The molecule has 170 valence electrons. The lowest BCUT2D eigenvalue weighted by atomic mass is 9.89. The first-order chi connectivity index (χ1) is 15.9. The molecule has 1 saturated heterocycles. The van der Waals surface area contributed by atoms with Crippen molar-refractivity contribution in [1.29, 1.82) is 0 Å². The minimum Gasteiger partial charge on any atom is -0.366 e. The third-order valence-corrected chi connectivity index (χ3v) is 5.84. The highest BCUT2D eigenvalue weighted by Crippen LogP contribution is 2.33. The van der Waals surface area contributed by atoms with E-state index in [1.807, 2.05) is 35.0 Å². The topological polar surface area (TPSA) is 123 Å². The Morgan fingerprint density at radius 1 is 1.12 bits per heavy atom. The average Bonchev–Trinajstić information content (AvgIpc) is 3.32. The van der Waals surface area contributed by atoms with Crippen molar-refractivity contribution in [3.05, 3.63) is 78.1 Å². The Hall–Kier alpha value is -4.01. The van der Waals surface area contributed by atoms with Gasteiger partial charge in [0.2, 0.25) is 5.91 Å². The maximum absolute atomic E-state index is 13.1. The summed E-state index contributed by atoms with van der Waals surface area (Å²) in [6, 6.07) is 9.33. The highest BCUT2D eigenvalue weighted by Gasteiger charge is 2.34. The number of aromatic nitrogens is 3. The quantitative estimate of drug-likeness (QED) is 0.583. The number of amides is 3. The number of rotatable bonds is 5. The van der Waals surface area contributed by atoms with Gasteiger partial charge in [-0.15, -0.1) is 0 Å². The first kappa shape index (κ1) is 22.2. The number of carbonyl (C=O) groups is 3. The number of carbonyl (C=O) groups excluding carboxylic acids is 3. The molecule has 9 nitrogen and oxygen atoms in total. The van der Waals surface area contributed by atoms with Gasteiger partial charge >= 0.3 is 11.8 Å². The van der Waals surface area contributed by atoms with Crippen molar-refractivity contribution in [2.75, 3.05) is 11.9 Å². The van der Waals surface area contributed by atoms with Crippen molar-refractivity contribution in [1.82, 2.24) is 19.4 Å². The number of hydrogen-bond acceptors (Lipinski definition) is 5. The number of imidazole rings is 1. The Balaban J connectivity index is 1.49. The van der Waals surface area contributed by atoms with Gasteiger partial charge in [-0.05, 0) is 36.0 Å². The van der Waals surface area contributed by atoms with Gasteiger partial charge in [-0.25, -0.2) is 4.98 Å². The molecule has 1 aliphatic heterocycles. The van der Waals surface area contributed by atoms with Crippen molar-refractivity contribution < 1.29 is 14.4 Å². The second-order valence-corrected chi connectivity index (χ2v) is 8.41. The van der Waals surface area contributed by atoms with Crippen LogP contribution in [0.1, 0.15) is 47.3 Å². The summed E-state index contributed by atoms with van der Waals surface area (Å²) in [4.78, 5) is 46.8. The molecule has 1 aliphatic rings. The number of anilines is 1. The fourth-order valence-electron chi connectivity index (χ4n) is 4.12. The number of nitrogens with two attached hydrogens (primary N) is 1. The van der Waals surface area contributed by atoms with E-state index in [1.54, 1.807) is 17.4 Å². The summed E-state index contributed by atoms with van der Waals surface area (Å²) in [5.41, 5.74) is 7.78. The molecule has 0 spiro atoms. The number of likely N-dealkylation sites (tertiary alicyclic amines) is 1. The van der Waals surface area contributed by atoms with Crippen LogP contribution in [0.15, 0.2) is 61.4 Å². The Bertz CT molecular complexity index is 1140. The molecule has 0 bridgehead atoms. The van der Waals surface area contributed by atoms with Gasteiger partial charge < -0.3 is 20.5 Å². The van der Waals surface area contributed by atoms with Crippen LogP contribution < -0.4 is 11.1 Å². The molecule has 1 fully saturated rings. The van der Waals surface area contributed by atoms with Crippen molar-refractivity contribution >= 4 is 23.4 Å². The maximum Gasteiger partial charge on any atom is 0.313 e. The molecule has 1 aromatic carbocycles. The third kappa shape index (κ3) is 5.25. The van der Waals surface area contributed by atoms with Crippen molar-refractivity contribution in [3.63, 3.8) is 0 Å². The Kier molecular flexibility index (Phi) is 6.48. The van der Waals surface area contributed by atoms with Crippen LogP contribution in [0, 0.1) is 5.92 Å². The summed E-state index contributed by atoms with van der Waals surface area (Å²) < 4.78 is 1.99. The van der Waals surface area contributed by atoms with E-state index in [-0.39, 0.29) is 17.3 Å². The third-order valence-electron chi connectivity index (χ3n) is 5.84. The van der Waals surface area contributed by atoms with Crippen LogP contribution in [0.3, 0.4) is 0 Å². The molecule has 3 N–H and O–H groups in total. The van der Waals surface area contributed by atoms with Gasteiger partial charge in [0.1, 0.15) is 0 Å². The highest BCUT2D eigenvalue weighted by molar-refractivity contribution is 6.39. The molecule has 33 heavy (non-hydrogen) atoms. The number of nitrogens with one attached hydrogen (secondary N) is 1. The molecule has 3 aromatic rings. The van der Waals surface area contributed by atoms with Gasteiger partial charge in [-0.3, -0.25) is 19.4 Å². The zero-order chi connectivity index (χ0) is 23.4. The lowest BCUT2D eigenvalue weighted by Crippen LogP contribution is -2.46. The summed E-state index contributed by atoms with van der Waals surface area (Å²) >= 11 is 0. The van der Waals surface area contributed by atoms with Crippen LogP contribution in [-0.2, 0) is 16.1 Å². The second kappa shape index (κ2) is 9.64. The number of primary amides is 1. The molecule has 0 saturated carbocycles. The Morgan fingerprint density at radius 2 is 1.91 bits per heavy atom. The first-order valence-corrected chi connectivity index (χ1v) is 10.8. The minimum atomic E-state index is -0.769. The van der Waals surface area contributed by atoms with Gasteiger partial charge in [-0.2, -0.15) is 0 Å². The molecule has 2 atom stereocenters. The van der Waals surface area contributed by atoms with Crippen LogP contribution in [0.25, 0.3) is 0 Å². The van der Waals surface area contributed by atoms with Crippen LogP contribution >= 0.6 is 0 Å². The molecule has 3 amide bonds. The molecule has 3 heterocycles. The average molecular weight is 447 g/mol. The van der Waals surface area contributed by atoms with Crippen molar-refractivity contribution in [2.45, 2.75) is 32.4 Å². The largest absolute Gasteiger partial charge is 0.366 e. The maximum atomic E-state index is 13.1. The first-order valence-electron chi connectivity index (χ1n) is 10.8.